The Hall–Kier alpha value is -6.52. The van der Waals surface area contributed by atoms with Gasteiger partial charge in [0.15, 0.2) is 0 Å². The fraction of sp³-hybridized carbons (Fsp3) is 0.0638. The van der Waals surface area contributed by atoms with E-state index in [9.17, 15) is 0 Å². The molecule has 0 saturated carbocycles. The molecule has 1 aliphatic rings. The number of benzene rings is 6. The molecule has 0 bridgehead atoms. The van der Waals surface area contributed by atoms with Crippen molar-refractivity contribution in [2.45, 2.75) is 19.3 Å². The van der Waals surface area contributed by atoms with E-state index in [0.29, 0.717) is 0 Å². The molecule has 4 nitrogen and oxygen atoms in total. The van der Waals surface area contributed by atoms with Crippen LogP contribution in [0.2, 0.25) is 0 Å². The van der Waals surface area contributed by atoms with Crippen molar-refractivity contribution < 1.29 is 8.83 Å². The summed E-state index contributed by atoms with van der Waals surface area (Å²) in [5, 5.41) is 5.15. The lowest BCUT2D eigenvalue weighted by Crippen LogP contribution is -2.15. The molecule has 0 fully saturated rings. The van der Waals surface area contributed by atoms with Gasteiger partial charge in [-0.1, -0.05) is 92.7 Å². The molecule has 0 amide bonds. The van der Waals surface area contributed by atoms with E-state index in [4.69, 9.17) is 13.8 Å². The molecule has 0 radical (unpaired) electrons. The summed E-state index contributed by atoms with van der Waals surface area (Å²) in [4.78, 5) is 9.62. The molecule has 4 aromatic heterocycles. The standard InChI is InChI=1S/C47H30N2O2/c1-47(2)36-25-29(27-20-22-48-23-21-27)14-16-32(36)33-17-15-30(26-37(33)47)28-8-7-9-31(24-28)45-43-35-11-4-6-13-40(35)51-46(43)44-38(49-45)18-19-41-42(44)34-10-3-5-12-39(34)50-41/h3-26H,1-2H3. The number of pyridine rings is 2. The Morgan fingerprint density at radius 1 is 0.471 bits per heavy atom. The zero-order chi connectivity index (χ0) is 33.8. The van der Waals surface area contributed by atoms with Gasteiger partial charge in [-0.05, 0) is 99.1 Å². The minimum absolute atomic E-state index is 0.147. The molecule has 4 heteroatoms. The van der Waals surface area contributed by atoms with Crippen LogP contribution >= 0.6 is 0 Å². The first-order chi connectivity index (χ1) is 25.0. The van der Waals surface area contributed by atoms with Gasteiger partial charge in [0.25, 0.3) is 0 Å². The summed E-state index contributed by atoms with van der Waals surface area (Å²) in [6, 6.07) is 47.3. The van der Waals surface area contributed by atoms with E-state index in [1.165, 1.54) is 38.9 Å². The van der Waals surface area contributed by atoms with Gasteiger partial charge in [0.2, 0.25) is 0 Å². The van der Waals surface area contributed by atoms with Crippen molar-refractivity contribution in [3.63, 3.8) is 0 Å². The number of hydrogen-bond acceptors (Lipinski definition) is 4. The molecule has 0 saturated heterocycles. The van der Waals surface area contributed by atoms with Crippen LogP contribution in [0.4, 0.5) is 0 Å². The van der Waals surface area contributed by atoms with Gasteiger partial charge in [0.1, 0.15) is 22.3 Å². The molecular weight excluding hydrogens is 625 g/mol. The van der Waals surface area contributed by atoms with Crippen molar-refractivity contribution in [3.05, 3.63) is 157 Å². The zero-order valence-corrected chi connectivity index (χ0v) is 28.1. The van der Waals surface area contributed by atoms with E-state index in [0.717, 1.165) is 71.6 Å². The van der Waals surface area contributed by atoms with Gasteiger partial charge >= 0.3 is 0 Å². The molecule has 11 rings (SSSR count). The van der Waals surface area contributed by atoms with Crippen LogP contribution in [0.1, 0.15) is 25.0 Å². The Bertz CT molecular complexity index is 3060. The van der Waals surface area contributed by atoms with Gasteiger partial charge in [-0.25, -0.2) is 4.98 Å². The number of hydrogen-bond donors (Lipinski definition) is 0. The van der Waals surface area contributed by atoms with Crippen LogP contribution in [-0.4, -0.2) is 9.97 Å². The highest BCUT2D eigenvalue weighted by Gasteiger charge is 2.36. The maximum Gasteiger partial charge on any atom is 0.147 e. The fourth-order valence-corrected chi connectivity index (χ4v) is 8.46. The Morgan fingerprint density at radius 2 is 1.10 bits per heavy atom. The topological polar surface area (TPSA) is 52.1 Å². The van der Waals surface area contributed by atoms with Crippen LogP contribution in [-0.2, 0) is 5.41 Å². The van der Waals surface area contributed by atoms with Crippen LogP contribution in [0.25, 0.3) is 99.4 Å². The highest BCUT2D eigenvalue weighted by atomic mass is 16.3. The van der Waals surface area contributed by atoms with Crippen LogP contribution < -0.4 is 0 Å². The minimum atomic E-state index is -0.147. The van der Waals surface area contributed by atoms with Crippen molar-refractivity contribution in [2.75, 3.05) is 0 Å². The van der Waals surface area contributed by atoms with Crippen molar-refractivity contribution in [2.24, 2.45) is 0 Å². The van der Waals surface area contributed by atoms with Crippen LogP contribution in [0.3, 0.4) is 0 Å². The predicted octanol–water partition coefficient (Wildman–Crippen LogP) is 12.7. The average Bonchev–Trinajstić information content (AvgIpc) is 3.83. The summed E-state index contributed by atoms with van der Waals surface area (Å²) in [6.45, 7) is 4.68. The number of nitrogens with zero attached hydrogens (tertiary/aromatic N) is 2. The highest BCUT2D eigenvalue weighted by molar-refractivity contribution is 6.29. The van der Waals surface area contributed by atoms with Gasteiger partial charge in [-0.15, -0.1) is 0 Å². The van der Waals surface area contributed by atoms with Crippen LogP contribution in [0.15, 0.2) is 155 Å². The fourth-order valence-electron chi connectivity index (χ4n) is 8.46. The highest BCUT2D eigenvalue weighted by Crippen LogP contribution is 2.51. The van der Waals surface area contributed by atoms with Crippen LogP contribution in [0, 0.1) is 0 Å². The molecular formula is C47H30N2O2. The summed E-state index contributed by atoms with van der Waals surface area (Å²) < 4.78 is 13.0. The number of fused-ring (bicyclic) bond motifs is 12. The molecule has 6 aromatic carbocycles. The zero-order valence-electron chi connectivity index (χ0n) is 28.1. The molecule has 0 N–H and O–H groups in total. The normalized spacial score (nSPS) is 13.5. The Labute approximate surface area is 293 Å². The maximum absolute atomic E-state index is 6.73. The second kappa shape index (κ2) is 10.3. The largest absolute Gasteiger partial charge is 0.456 e. The monoisotopic (exact) mass is 654 g/mol. The molecule has 0 aliphatic heterocycles. The molecule has 240 valence electrons. The van der Waals surface area contributed by atoms with E-state index in [-0.39, 0.29) is 5.41 Å². The summed E-state index contributed by atoms with van der Waals surface area (Å²) in [5.41, 5.74) is 16.1. The second-order valence-corrected chi connectivity index (χ2v) is 14.2. The van der Waals surface area contributed by atoms with Gasteiger partial charge < -0.3 is 8.83 Å². The number of rotatable bonds is 3. The molecule has 51 heavy (non-hydrogen) atoms. The smallest absolute Gasteiger partial charge is 0.147 e. The summed E-state index contributed by atoms with van der Waals surface area (Å²) in [6.07, 6.45) is 3.71. The van der Waals surface area contributed by atoms with E-state index in [1.54, 1.807) is 0 Å². The molecule has 0 spiro atoms. The summed E-state index contributed by atoms with van der Waals surface area (Å²) in [5.74, 6) is 0. The lowest BCUT2D eigenvalue weighted by molar-refractivity contribution is 0.661. The first-order valence-electron chi connectivity index (χ1n) is 17.4. The molecule has 10 aromatic rings. The SMILES string of the molecule is CC1(C)c2cc(-c3ccncc3)ccc2-c2ccc(-c3cccc(-c4nc5ccc6oc7ccccc7c6c5c5oc6ccccc6c45)c3)cc21. The van der Waals surface area contributed by atoms with Crippen molar-refractivity contribution in [1.82, 2.24) is 9.97 Å². The third kappa shape index (κ3) is 4.02. The predicted molar refractivity (Wildman–Crippen MR) is 208 cm³/mol. The van der Waals surface area contributed by atoms with E-state index in [1.807, 2.05) is 42.7 Å². The van der Waals surface area contributed by atoms with Crippen molar-refractivity contribution in [3.8, 4) is 44.6 Å². The summed E-state index contributed by atoms with van der Waals surface area (Å²) in [7, 11) is 0. The quantitative estimate of drug-likeness (QED) is 0.190. The van der Waals surface area contributed by atoms with E-state index < -0.39 is 0 Å². The van der Waals surface area contributed by atoms with E-state index >= 15 is 0 Å². The Morgan fingerprint density at radius 3 is 1.84 bits per heavy atom. The van der Waals surface area contributed by atoms with Crippen molar-refractivity contribution in [1.29, 1.82) is 0 Å². The van der Waals surface area contributed by atoms with Crippen molar-refractivity contribution >= 4 is 54.8 Å². The summed E-state index contributed by atoms with van der Waals surface area (Å²) >= 11 is 0. The number of furan rings is 2. The van der Waals surface area contributed by atoms with Crippen LogP contribution in [0.5, 0.6) is 0 Å². The van der Waals surface area contributed by atoms with Gasteiger partial charge in [0, 0.05) is 39.5 Å². The number of para-hydroxylation sites is 2. The third-order valence-electron chi connectivity index (χ3n) is 11.0. The maximum atomic E-state index is 6.73. The average molecular weight is 655 g/mol. The number of aromatic nitrogens is 2. The van der Waals surface area contributed by atoms with Gasteiger partial charge in [-0.3, -0.25) is 4.98 Å². The first-order valence-corrected chi connectivity index (χ1v) is 17.4. The molecule has 0 unspecified atom stereocenters. The molecule has 4 heterocycles. The van der Waals surface area contributed by atoms with Gasteiger partial charge in [0.05, 0.1) is 22.0 Å². The Kier molecular flexibility index (Phi) is 5.70. The minimum Gasteiger partial charge on any atom is -0.456 e. The lowest BCUT2D eigenvalue weighted by atomic mass is 9.81. The third-order valence-corrected chi connectivity index (χ3v) is 11.0. The molecule has 1 aliphatic carbocycles. The molecule has 0 atom stereocenters. The Balaban J connectivity index is 1.08. The van der Waals surface area contributed by atoms with Gasteiger partial charge in [-0.2, -0.15) is 0 Å². The lowest BCUT2D eigenvalue weighted by Gasteiger charge is -2.22. The first kappa shape index (κ1) is 28.3. The second-order valence-electron chi connectivity index (χ2n) is 14.2. The van der Waals surface area contributed by atoms with E-state index in [2.05, 4.69) is 122 Å².